The van der Waals surface area contributed by atoms with Gasteiger partial charge in [-0.05, 0) is 55.6 Å². The minimum Gasteiger partial charge on any atom is -0.326 e. The molecule has 2 amide bonds. The fraction of sp³-hybridized carbons (Fsp3) is 0.529. The predicted octanol–water partition coefficient (Wildman–Crippen LogP) is 3.03. The van der Waals surface area contributed by atoms with Crippen molar-refractivity contribution >= 4 is 35.6 Å². The molecule has 1 aliphatic rings. The molecule has 1 atom stereocenters. The van der Waals surface area contributed by atoms with Gasteiger partial charge in [-0.3, -0.25) is 9.59 Å². The largest absolute Gasteiger partial charge is 0.326 e. The highest BCUT2D eigenvalue weighted by Crippen LogP contribution is 2.17. The molecule has 1 saturated heterocycles. The van der Waals surface area contributed by atoms with Crippen LogP contribution in [0.1, 0.15) is 33.1 Å². The van der Waals surface area contributed by atoms with Crippen molar-refractivity contribution in [1.82, 2.24) is 5.32 Å². The lowest BCUT2D eigenvalue weighted by Crippen LogP contribution is -2.18. The van der Waals surface area contributed by atoms with Gasteiger partial charge in [0.15, 0.2) is 0 Å². The molecule has 1 aromatic carbocycles. The number of hydrogen-bond donors (Lipinski definition) is 3. The van der Waals surface area contributed by atoms with Crippen molar-refractivity contribution in [3.05, 3.63) is 24.3 Å². The lowest BCUT2D eigenvalue weighted by Gasteiger charge is -2.10. The van der Waals surface area contributed by atoms with Crippen LogP contribution in [-0.2, 0) is 9.59 Å². The molecule has 1 aromatic rings. The van der Waals surface area contributed by atoms with Gasteiger partial charge in [0.1, 0.15) is 0 Å². The fourth-order valence-electron chi connectivity index (χ4n) is 2.58. The summed E-state index contributed by atoms with van der Waals surface area (Å²) in [5, 5.41) is 9.02. The maximum atomic E-state index is 11.9. The second-order valence-corrected chi connectivity index (χ2v) is 6.33. The molecule has 0 bridgehead atoms. The summed E-state index contributed by atoms with van der Waals surface area (Å²) in [4.78, 5) is 23.6. The molecule has 23 heavy (non-hydrogen) atoms. The van der Waals surface area contributed by atoms with E-state index < -0.39 is 0 Å². The molecule has 0 aromatic heterocycles. The van der Waals surface area contributed by atoms with Crippen molar-refractivity contribution in [3.63, 3.8) is 0 Å². The van der Waals surface area contributed by atoms with Gasteiger partial charge in [0, 0.05) is 24.2 Å². The Morgan fingerprint density at radius 3 is 2.17 bits per heavy atom. The number of halogens is 1. The summed E-state index contributed by atoms with van der Waals surface area (Å²) in [7, 11) is 0. The summed E-state index contributed by atoms with van der Waals surface area (Å²) in [6.07, 6.45) is 2.13. The Balaban J connectivity index is 0.00000264. The summed E-state index contributed by atoms with van der Waals surface area (Å²) in [6, 6.07) is 7.25. The summed E-state index contributed by atoms with van der Waals surface area (Å²) in [6.45, 7) is 5.95. The van der Waals surface area contributed by atoms with Crippen LogP contribution in [-0.4, -0.2) is 24.9 Å². The molecule has 6 heteroatoms. The molecule has 3 N–H and O–H groups in total. The lowest BCUT2D eigenvalue weighted by molar-refractivity contribution is -0.117. The van der Waals surface area contributed by atoms with Crippen LogP contribution in [0.25, 0.3) is 0 Å². The molecular formula is C17H26ClN3O2. The number of anilines is 2. The Kier molecular flexibility index (Phi) is 8.06. The Morgan fingerprint density at radius 1 is 1.13 bits per heavy atom. The van der Waals surface area contributed by atoms with E-state index in [-0.39, 0.29) is 24.2 Å². The first-order valence-electron chi connectivity index (χ1n) is 7.93. The van der Waals surface area contributed by atoms with Gasteiger partial charge in [-0.2, -0.15) is 0 Å². The molecule has 0 radical (unpaired) electrons. The molecule has 0 aliphatic carbocycles. The predicted molar refractivity (Wildman–Crippen MR) is 96.0 cm³/mol. The summed E-state index contributed by atoms with van der Waals surface area (Å²) in [5.74, 6) is 0.837. The maximum Gasteiger partial charge on any atom is 0.224 e. The van der Waals surface area contributed by atoms with Crippen molar-refractivity contribution in [1.29, 1.82) is 0 Å². The topological polar surface area (TPSA) is 70.2 Å². The Morgan fingerprint density at radius 2 is 1.70 bits per heavy atom. The van der Waals surface area contributed by atoms with Crippen LogP contribution >= 0.6 is 12.4 Å². The van der Waals surface area contributed by atoms with E-state index in [9.17, 15) is 9.59 Å². The zero-order chi connectivity index (χ0) is 15.9. The molecule has 2 rings (SSSR count). The minimum atomic E-state index is 0. The third kappa shape index (κ3) is 7.01. The van der Waals surface area contributed by atoms with E-state index in [1.807, 2.05) is 38.1 Å². The van der Waals surface area contributed by atoms with Crippen molar-refractivity contribution in [2.75, 3.05) is 23.7 Å². The van der Waals surface area contributed by atoms with Crippen LogP contribution in [0.15, 0.2) is 24.3 Å². The molecule has 5 nitrogen and oxygen atoms in total. The number of rotatable bonds is 6. The van der Waals surface area contributed by atoms with E-state index in [0.717, 1.165) is 30.9 Å². The number of carbonyl (C=O) groups excluding carboxylic acids is 2. The first-order valence-corrected chi connectivity index (χ1v) is 7.93. The van der Waals surface area contributed by atoms with E-state index in [0.29, 0.717) is 24.7 Å². The highest BCUT2D eigenvalue weighted by molar-refractivity contribution is 5.93. The van der Waals surface area contributed by atoms with Crippen LogP contribution in [0.4, 0.5) is 11.4 Å². The second kappa shape index (κ2) is 9.53. The molecule has 1 heterocycles. The van der Waals surface area contributed by atoms with Crippen molar-refractivity contribution in [2.45, 2.75) is 33.1 Å². The van der Waals surface area contributed by atoms with Gasteiger partial charge in [0.05, 0.1) is 0 Å². The number of carbonyl (C=O) groups is 2. The van der Waals surface area contributed by atoms with Crippen LogP contribution < -0.4 is 16.0 Å². The first kappa shape index (κ1) is 19.5. The first-order chi connectivity index (χ1) is 10.5. The van der Waals surface area contributed by atoms with Gasteiger partial charge in [-0.25, -0.2) is 0 Å². The maximum absolute atomic E-state index is 11.9. The fourth-order valence-corrected chi connectivity index (χ4v) is 2.58. The number of hydrogen-bond acceptors (Lipinski definition) is 3. The molecule has 128 valence electrons. The van der Waals surface area contributed by atoms with E-state index in [2.05, 4.69) is 16.0 Å². The van der Waals surface area contributed by atoms with Crippen LogP contribution in [0.5, 0.6) is 0 Å². The monoisotopic (exact) mass is 339 g/mol. The summed E-state index contributed by atoms with van der Waals surface area (Å²) in [5.41, 5.74) is 1.52. The van der Waals surface area contributed by atoms with E-state index in [4.69, 9.17) is 0 Å². The van der Waals surface area contributed by atoms with E-state index in [1.54, 1.807) is 0 Å². The molecule has 1 unspecified atom stereocenters. The molecule has 0 spiro atoms. The van der Waals surface area contributed by atoms with Crippen molar-refractivity contribution < 1.29 is 9.59 Å². The summed E-state index contributed by atoms with van der Waals surface area (Å²) < 4.78 is 0. The van der Waals surface area contributed by atoms with Crippen molar-refractivity contribution in [3.8, 4) is 0 Å². The van der Waals surface area contributed by atoms with Gasteiger partial charge in [0.2, 0.25) is 11.8 Å². The quantitative estimate of drug-likeness (QED) is 0.746. The van der Waals surface area contributed by atoms with Crippen LogP contribution in [0.3, 0.4) is 0 Å². The normalized spacial score (nSPS) is 16.7. The highest BCUT2D eigenvalue weighted by Gasteiger charge is 2.17. The minimum absolute atomic E-state index is 0. The third-order valence-corrected chi connectivity index (χ3v) is 3.68. The van der Waals surface area contributed by atoms with E-state index in [1.165, 1.54) is 0 Å². The van der Waals surface area contributed by atoms with Crippen LogP contribution in [0, 0.1) is 11.8 Å². The summed E-state index contributed by atoms with van der Waals surface area (Å²) >= 11 is 0. The standard InChI is InChI=1S/C17H25N3O2.ClH/c1-12(2)9-16(21)19-14-3-5-15(6-4-14)20-17(22)10-13-7-8-18-11-13;/h3-6,12-13,18H,7-11H2,1-2H3,(H,19,21)(H,20,22);1H. The second-order valence-electron chi connectivity index (χ2n) is 6.33. The molecule has 0 saturated carbocycles. The van der Waals surface area contributed by atoms with Gasteiger partial charge < -0.3 is 16.0 Å². The average molecular weight is 340 g/mol. The highest BCUT2D eigenvalue weighted by atomic mass is 35.5. The zero-order valence-corrected chi connectivity index (χ0v) is 14.5. The van der Waals surface area contributed by atoms with Gasteiger partial charge in [0.25, 0.3) is 0 Å². The van der Waals surface area contributed by atoms with Gasteiger partial charge >= 0.3 is 0 Å². The Bertz CT molecular complexity index is 511. The van der Waals surface area contributed by atoms with Gasteiger partial charge in [-0.1, -0.05) is 13.8 Å². The van der Waals surface area contributed by atoms with Crippen molar-refractivity contribution in [2.24, 2.45) is 11.8 Å². The third-order valence-electron chi connectivity index (χ3n) is 3.68. The number of benzene rings is 1. The molecule has 1 aliphatic heterocycles. The zero-order valence-electron chi connectivity index (χ0n) is 13.7. The number of amides is 2. The van der Waals surface area contributed by atoms with E-state index >= 15 is 0 Å². The Labute approximate surface area is 144 Å². The lowest BCUT2D eigenvalue weighted by atomic mass is 10.0. The smallest absolute Gasteiger partial charge is 0.224 e. The molecular weight excluding hydrogens is 314 g/mol. The average Bonchev–Trinajstić information content (AvgIpc) is 2.92. The van der Waals surface area contributed by atoms with Crippen LogP contribution in [0.2, 0.25) is 0 Å². The van der Waals surface area contributed by atoms with Gasteiger partial charge in [-0.15, -0.1) is 12.4 Å². The Hall–Kier alpha value is -1.59. The molecule has 1 fully saturated rings. The SMILES string of the molecule is CC(C)CC(=O)Nc1ccc(NC(=O)CC2CCNC2)cc1.Cl. The number of nitrogens with one attached hydrogen (secondary N) is 3.